The Bertz CT molecular complexity index is 959. The normalized spacial score (nSPS) is 11.8. The predicted octanol–water partition coefficient (Wildman–Crippen LogP) is 2.18. The van der Waals surface area contributed by atoms with Crippen LogP contribution in [-0.2, 0) is 23.1 Å². The Hall–Kier alpha value is -3.48. The summed E-state index contributed by atoms with van der Waals surface area (Å²) in [5, 5.41) is 6.93. The summed E-state index contributed by atoms with van der Waals surface area (Å²) in [7, 11) is 1.69. The Morgan fingerprint density at radius 3 is 2.52 bits per heavy atom. The Kier molecular flexibility index (Phi) is 5.30. The summed E-state index contributed by atoms with van der Waals surface area (Å²) in [6.45, 7) is 1.20. The molecular weight excluding hydrogens is 346 g/mol. The maximum atomic E-state index is 12.8. The molecule has 0 fully saturated rings. The Morgan fingerprint density at radius 2 is 1.89 bits per heavy atom. The van der Waals surface area contributed by atoms with Crippen LogP contribution < -0.4 is 5.32 Å². The highest BCUT2D eigenvalue weighted by Crippen LogP contribution is 2.22. The van der Waals surface area contributed by atoms with Gasteiger partial charge in [-0.2, -0.15) is 5.10 Å². The molecule has 0 aliphatic rings. The molecule has 0 bridgehead atoms. The number of aromatic nitrogens is 2. The second-order valence-electron chi connectivity index (χ2n) is 6.18. The van der Waals surface area contributed by atoms with E-state index in [1.807, 2.05) is 30.3 Å². The van der Waals surface area contributed by atoms with Gasteiger partial charge in [-0.3, -0.25) is 19.1 Å². The van der Waals surface area contributed by atoms with Crippen molar-refractivity contribution >= 4 is 17.5 Å². The topological polar surface area (TPSA) is 94.2 Å². The van der Waals surface area contributed by atoms with E-state index >= 15 is 0 Å². The zero-order valence-corrected chi connectivity index (χ0v) is 15.0. The van der Waals surface area contributed by atoms with Crippen molar-refractivity contribution in [2.45, 2.75) is 19.4 Å². The third-order valence-electron chi connectivity index (χ3n) is 4.08. The number of nitrogens with zero attached hydrogens (tertiary/aromatic N) is 2. The van der Waals surface area contributed by atoms with Gasteiger partial charge in [0.2, 0.25) is 5.78 Å². The number of benzene rings is 1. The number of hydrogen-bond donors (Lipinski definition) is 1. The van der Waals surface area contributed by atoms with Gasteiger partial charge in [0.15, 0.2) is 11.5 Å². The molecule has 1 unspecified atom stereocenters. The molecule has 138 valence electrons. The molecule has 1 amide bonds. The fourth-order valence-electron chi connectivity index (χ4n) is 2.79. The molecular formula is C20H19N3O4. The minimum absolute atomic E-state index is 0.224. The summed E-state index contributed by atoms with van der Waals surface area (Å²) in [5.74, 6) is -1.30. The molecule has 1 aromatic carbocycles. The number of furan rings is 1. The van der Waals surface area contributed by atoms with E-state index in [0.29, 0.717) is 11.5 Å². The van der Waals surface area contributed by atoms with Crippen LogP contribution in [0.5, 0.6) is 0 Å². The number of carbonyl (C=O) groups excluding carboxylic acids is 3. The highest BCUT2D eigenvalue weighted by atomic mass is 16.3. The van der Waals surface area contributed by atoms with E-state index in [-0.39, 0.29) is 12.0 Å². The molecule has 2 heterocycles. The number of hydrogen-bond acceptors (Lipinski definition) is 5. The van der Waals surface area contributed by atoms with E-state index in [9.17, 15) is 14.4 Å². The van der Waals surface area contributed by atoms with Gasteiger partial charge >= 0.3 is 0 Å². The van der Waals surface area contributed by atoms with E-state index in [1.54, 1.807) is 25.4 Å². The summed E-state index contributed by atoms with van der Waals surface area (Å²) in [5.41, 5.74) is 1.48. The predicted molar refractivity (Wildman–Crippen MR) is 98.0 cm³/mol. The first-order valence-corrected chi connectivity index (χ1v) is 8.43. The second kappa shape index (κ2) is 7.82. The molecule has 0 aliphatic carbocycles. The van der Waals surface area contributed by atoms with Crippen molar-refractivity contribution in [3.63, 3.8) is 0 Å². The third-order valence-corrected chi connectivity index (χ3v) is 4.08. The minimum atomic E-state index is -0.956. The van der Waals surface area contributed by atoms with E-state index in [0.717, 1.165) is 5.56 Å². The molecule has 1 N–H and O–H groups in total. The molecule has 7 heteroatoms. The highest BCUT2D eigenvalue weighted by Gasteiger charge is 2.27. The van der Waals surface area contributed by atoms with Gasteiger partial charge in [0.1, 0.15) is 5.69 Å². The Labute approximate surface area is 156 Å². The van der Waals surface area contributed by atoms with Gasteiger partial charge in [0.05, 0.1) is 17.9 Å². The fraction of sp³-hybridized carbons (Fsp3) is 0.200. The Morgan fingerprint density at radius 1 is 1.15 bits per heavy atom. The summed E-state index contributed by atoms with van der Waals surface area (Å²) >= 11 is 0. The van der Waals surface area contributed by atoms with E-state index in [2.05, 4.69) is 10.4 Å². The van der Waals surface area contributed by atoms with Gasteiger partial charge in [-0.05, 0) is 17.7 Å². The highest BCUT2D eigenvalue weighted by molar-refractivity contribution is 6.38. The lowest BCUT2D eigenvalue weighted by Crippen LogP contribution is -2.44. The van der Waals surface area contributed by atoms with Crippen molar-refractivity contribution in [3.05, 3.63) is 66.1 Å². The average Bonchev–Trinajstić information content (AvgIpc) is 3.30. The number of rotatable bonds is 7. The number of ketones is 2. The summed E-state index contributed by atoms with van der Waals surface area (Å²) in [4.78, 5) is 36.8. The molecule has 7 nitrogen and oxygen atoms in total. The van der Waals surface area contributed by atoms with E-state index < -0.39 is 23.5 Å². The molecule has 3 aromatic rings. The zero-order chi connectivity index (χ0) is 19.4. The van der Waals surface area contributed by atoms with Crippen LogP contribution in [0.15, 0.2) is 59.3 Å². The van der Waals surface area contributed by atoms with Gasteiger partial charge < -0.3 is 9.73 Å². The molecule has 0 saturated heterocycles. The van der Waals surface area contributed by atoms with Gasteiger partial charge in [0, 0.05) is 26.6 Å². The van der Waals surface area contributed by atoms with Gasteiger partial charge in [0.25, 0.3) is 5.91 Å². The van der Waals surface area contributed by atoms with Crippen LogP contribution in [0.1, 0.15) is 22.8 Å². The standard InChI is InChI=1S/C20H19N3O4/c1-13(24)19(25)16(11-14-7-4-3-5-8-14)21-20(26)15-12-23(2)22-18(15)17-9-6-10-27-17/h3-10,12,16H,11H2,1-2H3,(H,21,26). The van der Waals surface area contributed by atoms with Crippen LogP contribution in [0.25, 0.3) is 11.5 Å². The van der Waals surface area contributed by atoms with Crippen molar-refractivity contribution in [3.8, 4) is 11.5 Å². The average molecular weight is 365 g/mol. The lowest BCUT2D eigenvalue weighted by atomic mass is 10.00. The molecule has 3 rings (SSSR count). The summed E-state index contributed by atoms with van der Waals surface area (Å²) in [6, 6.07) is 11.6. The maximum absolute atomic E-state index is 12.8. The molecule has 1 atom stereocenters. The van der Waals surface area contributed by atoms with E-state index in [1.165, 1.54) is 17.9 Å². The monoisotopic (exact) mass is 365 g/mol. The fourth-order valence-corrected chi connectivity index (χ4v) is 2.79. The quantitative estimate of drug-likeness (QED) is 0.648. The van der Waals surface area contributed by atoms with Crippen LogP contribution in [0, 0.1) is 0 Å². The van der Waals surface area contributed by atoms with Crippen molar-refractivity contribution in [2.24, 2.45) is 7.05 Å². The molecule has 27 heavy (non-hydrogen) atoms. The lowest BCUT2D eigenvalue weighted by molar-refractivity contribution is -0.136. The largest absolute Gasteiger partial charge is 0.463 e. The minimum Gasteiger partial charge on any atom is -0.463 e. The number of nitrogens with one attached hydrogen (secondary N) is 1. The first-order chi connectivity index (χ1) is 13.0. The number of Topliss-reactive ketones (excluding diaryl/α,β-unsaturated/α-hetero) is 2. The first-order valence-electron chi connectivity index (χ1n) is 8.43. The lowest BCUT2D eigenvalue weighted by Gasteiger charge is -2.16. The second-order valence-corrected chi connectivity index (χ2v) is 6.18. The van der Waals surface area contributed by atoms with Crippen LogP contribution in [0.2, 0.25) is 0 Å². The molecule has 0 saturated carbocycles. The van der Waals surface area contributed by atoms with Crippen LogP contribution in [0.4, 0.5) is 0 Å². The first kappa shape index (κ1) is 18.3. The summed E-state index contributed by atoms with van der Waals surface area (Å²) in [6.07, 6.45) is 3.26. The third kappa shape index (κ3) is 4.20. The van der Waals surface area contributed by atoms with Crippen molar-refractivity contribution < 1.29 is 18.8 Å². The van der Waals surface area contributed by atoms with Gasteiger partial charge in [-0.1, -0.05) is 30.3 Å². The van der Waals surface area contributed by atoms with Gasteiger partial charge in [-0.25, -0.2) is 0 Å². The molecule has 0 aliphatic heterocycles. The summed E-state index contributed by atoms with van der Waals surface area (Å²) < 4.78 is 6.82. The molecule has 2 aromatic heterocycles. The van der Waals surface area contributed by atoms with Crippen LogP contribution >= 0.6 is 0 Å². The van der Waals surface area contributed by atoms with Crippen molar-refractivity contribution in [1.82, 2.24) is 15.1 Å². The van der Waals surface area contributed by atoms with Crippen molar-refractivity contribution in [1.29, 1.82) is 0 Å². The zero-order valence-electron chi connectivity index (χ0n) is 15.0. The SMILES string of the molecule is CC(=O)C(=O)C(Cc1ccccc1)NC(=O)c1cn(C)nc1-c1ccco1. The molecule has 0 spiro atoms. The number of amides is 1. The maximum Gasteiger partial charge on any atom is 0.255 e. The number of carbonyl (C=O) groups is 3. The van der Waals surface area contributed by atoms with Crippen LogP contribution in [-0.4, -0.2) is 33.3 Å². The number of aryl methyl sites for hydroxylation is 1. The smallest absolute Gasteiger partial charge is 0.255 e. The molecule has 0 radical (unpaired) electrons. The van der Waals surface area contributed by atoms with Gasteiger partial charge in [-0.15, -0.1) is 0 Å². The van der Waals surface area contributed by atoms with E-state index in [4.69, 9.17) is 4.42 Å². The Balaban J connectivity index is 1.87. The van der Waals surface area contributed by atoms with Crippen molar-refractivity contribution in [2.75, 3.05) is 0 Å². The van der Waals surface area contributed by atoms with Crippen LogP contribution in [0.3, 0.4) is 0 Å².